The van der Waals surface area contributed by atoms with Gasteiger partial charge in [0.25, 0.3) is 0 Å². The molecule has 1 unspecified atom stereocenters. The molecule has 0 spiro atoms. The molecular formula is C29H17F6N5O3. The van der Waals surface area contributed by atoms with Crippen molar-refractivity contribution in [2.24, 2.45) is 0 Å². The van der Waals surface area contributed by atoms with Gasteiger partial charge in [0.2, 0.25) is 5.43 Å². The number of fused-ring (bicyclic) bond motifs is 2. The summed E-state index contributed by atoms with van der Waals surface area (Å²) in [6.45, 7) is 1.57. The van der Waals surface area contributed by atoms with E-state index in [2.05, 4.69) is 19.8 Å². The van der Waals surface area contributed by atoms with Crippen LogP contribution in [0.15, 0.2) is 76.2 Å². The van der Waals surface area contributed by atoms with Gasteiger partial charge in [0, 0.05) is 5.56 Å². The van der Waals surface area contributed by atoms with Gasteiger partial charge in [0.1, 0.15) is 52.2 Å². The Kier molecular flexibility index (Phi) is 6.55. The number of halogens is 6. The summed E-state index contributed by atoms with van der Waals surface area (Å²) < 4.78 is 92.8. The number of anilines is 1. The van der Waals surface area contributed by atoms with E-state index in [4.69, 9.17) is 10.2 Å². The third kappa shape index (κ3) is 4.90. The Morgan fingerprint density at radius 3 is 2.42 bits per heavy atom. The molecule has 0 saturated heterocycles. The molecule has 0 aliphatic rings. The number of hydrogen-bond acceptors (Lipinski definition) is 7. The van der Waals surface area contributed by atoms with Crippen LogP contribution in [0.2, 0.25) is 0 Å². The van der Waals surface area contributed by atoms with Gasteiger partial charge in [0.15, 0.2) is 17.2 Å². The number of rotatable bonds is 5. The van der Waals surface area contributed by atoms with Crippen molar-refractivity contribution in [2.75, 3.05) is 5.73 Å². The second kappa shape index (κ2) is 10.2. The summed E-state index contributed by atoms with van der Waals surface area (Å²) in [6, 6.07) is 10.6. The van der Waals surface area contributed by atoms with Gasteiger partial charge in [-0.3, -0.25) is 4.79 Å². The maximum atomic E-state index is 14.8. The molecule has 0 aliphatic heterocycles. The molecule has 43 heavy (non-hydrogen) atoms. The van der Waals surface area contributed by atoms with Crippen molar-refractivity contribution in [2.45, 2.75) is 19.3 Å². The summed E-state index contributed by atoms with van der Waals surface area (Å²) in [5.74, 6) is -3.99. The van der Waals surface area contributed by atoms with Crippen LogP contribution in [-0.4, -0.2) is 26.1 Å². The fourth-order valence-corrected chi connectivity index (χ4v) is 4.86. The molecule has 0 saturated carbocycles. The number of alkyl halides is 3. The molecule has 1 atom stereocenters. The second-order valence-corrected chi connectivity index (χ2v) is 9.41. The van der Waals surface area contributed by atoms with E-state index in [9.17, 15) is 31.1 Å². The number of hydrogen-bond donors (Lipinski definition) is 1. The molecule has 0 radical (unpaired) electrons. The zero-order chi connectivity index (χ0) is 30.6. The van der Waals surface area contributed by atoms with Crippen molar-refractivity contribution in [3.05, 3.63) is 100 Å². The Morgan fingerprint density at radius 1 is 0.930 bits per heavy atom. The van der Waals surface area contributed by atoms with Crippen LogP contribution < -0.4 is 15.9 Å². The quantitative estimate of drug-likeness (QED) is 0.218. The molecule has 0 amide bonds. The molecular weight excluding hydrogens is 580 g/mol. The van der Waals surface area contributed by atoms with Gasteiger partial charge < -0.3 is 14.9 Å². The standard InChI is InChI=1S/C29H17F6N5O3/c1-13(26-21(14-4-2-5-16(30)10-14)25(41)22-17(31)6-3-7-20(22)42-26)40-28-23(27(36)37-12-38-28)24(39-40)15-8-9-19(18(32)11-15)43-29(33,34)35/h2-13H,1H3,(H2,36,37,38). The van der Waals surface area contributed by atoms with E-state index in [-0.39, 0.29) is 56.0 Å². The molecule has 218 valence electrons. The maximum absolute atomic E-state index is 14.8. The molecule has 6 aromatic rings. The van der Waals surface area contributed by atoms with Gasteiger partial charge in [-0.2, -0.15) is 5.10 Å². The van der Waals surface area contributed by atoms with Crippen LogP contribution in [0.4, 0.5) is 32.2 Å². The van der Waals surface area contributed by atoms with Crippen molar-refractivity contribution < 1.29 is 35.5 Å². The number of ether oxygens (including phenoxy) is 1. The Hall–Kier alpha value is -5.40. The van der Waals surface area contributed by atoms with Gasteiger partial charge in [-0.1, -0.05) is 18.2 Å². The fourth-order valence-electron chi connectivity index (χ4n) is 4.86. The number of nitrogens with zero attached hydrogens (tertiary/aromatic N) is 4. The molecule has 8 nitrogen and oxygen atoms in total. The van der Waals surface area contributed by atoms with E-state index in [0.29, 0.717) is 0 Å². The van der Waals surface area contributed by atoms with Gasteiger partial charge in [0.05, 0.1) is 10.9 Å². The third-order valence-electron chi connectivity index (χ3n) is 6.70. The Balaban J connectivity index is 1.59. The van der Waals surface area contributed by atoms with Crippen LogP contribution >= 0.6 is 0 Å². The average Bonchev–Trinajstić information content (AvgIpc) is 3.34. The minimum absolute atomic E-state index is 0.00102. The minimum atomic E-state index is -5.11. The lowest BCUT2D eigenvalue weighted by Gasteiger charge is -2.17. The van der Waals surface area contributed by atoms with Gasteiger partial charge >= 0.3 is 6.36 Å². The summed E-state index contributed by atoms with van der Waals surface area (Å²) in [5, 5.41) is 4.30. The molecule has 6 rings (SSSR count). The fraction of sp³-hybridized carbons (Fsp3) is 0.103. The Labute approximate surface area is 237 Å². The predicted molar refractivity (Wildman–Crippen MR) is 143 cm³/mol. The van der Waals surface area contributed by atoms with Crippen LogP contribution in [0.3, 0.4) is 0 Å². The second-order valence-electron chi connectivity index (χ2n) is 9.41. The molecule has 0 aliphatic carbocycles. The first-order valence-corrected chi connectivity index (χ1v) is 12.5. The highest BCUT2D eigenvalue weighted by molar-refractivity contribution is 5.98. The van der Waals surface area contributed by atoms with Gasteiger partial charge in [-0.05, 0) is 55.0 Å². The Morgan fingerprint density at radius 2 is 1.70 bits per heavy atom. The summed E-state index contributed by atoms with van der Waals surface area (Å²) >= 11 is 0. The van der Waals surface area contributed by atoms with Crippen LogP contribution in [0.25, 0.3) is 44.4 Å². The van der Waals surface area contributed by atoms with Gasteiger partial charge in [-0.15, -0.1) is 13.2 Å². The Bertz CT molecular complexity index is 2110. The maximum Gasteiger partial charge on any atom is 0.573 e. The van der Waals surface area contributed by atoms with Crippen molar-refractivity contribution in [1.29, 1.82) is 0 Å². The summed E-state index contributed by atoms with van der Waals surface area (Å²) in [7, 11) is 0. The third-order valence-corrected chi connectivity index (χ3v) is 6.70. The van der Waals surface area contributed by atoms with Crippen molar-refractivity contribution in [3.63, 3.8) is 0 Å². The van der Waals surface area contributed by atoms with E-state index < -0.39 is 41.0 Å². The van der Waals surface area contributed by atoms with E-state index in [1.165, 1.54) is 35.0 Å². The zero-order valence-corrected chi connectivity index (χ0v) is 21.8. The largest absolute Gasteiger partial charge is 0.573 e. The first-order valence-electron chi connectivity index (χ1n) is 12.5. The van der Waals surface area contributed by atoms with Gasteiger partial charge in [-0.25, -0.2) is 27.8 Å². The molecule has 0 fully saturated rings. The molecule has 3 aromatic heterocycles. The lowest BCUT2D eigenvalue weighted by atomic mass is 9.99. The average molecular weight is 597 g/mol. The molecule has 2 N–H and O–H groups in total. The van der Waals surface area contributed by atoms with E-state index in [1.807, 2.05) is 0 Å². The summed E-state index contributed by atoms with van der Waals surface area (Å²) in [4.78, 5) is 21.9. The first kappa shape index (κ1) is 27.8. The summed E-state index contributed by atoms with van der Waals surface area (Å²) in [5.41, 5.74) is 5.34. The lowest BCUT2D eigenvalue weighted by molar-refractivity contribution is -0.275. The topological polar surface area (TPSA) is 109 Å². The predicted octanol–water partition coefficient (Wildman–Crippen LogP) is 6.77. The number of aromatic nitrogens is 4. The zero-order valence-electron chi connectivity index (χ0n) is 21.8. The highest BCUT2D eigenvalue weighted by Crippen LogP contribution is 2.38. The number of nitrogen functional groups attached to an aromatic ring is 1. The smallest absolute Gasteiger partial charge is 0.458 e. The van der Waals surface area contributed by atoms with E-state index in [0.717, 1.165) is 36.7 Å². The highest BCUT2D eigenvalue weighted by atomic mass is 19.4. The highest BCUT2D eigenvalue weighted by Gasteiger charge is 2.33. The molecule has 0 bridgehead atoms. The molecule has 3 aromatic carbocycles. The summed E-state index contributed by atoms with van der Waals surface area (Å²) in [6.07, 6.45) is -3.98. The van der Waals surface area contributed by atoms with E-state index in [1.54, 1.807) is 6.92 Å². The van der Waals surface area contributed by atoms with Crippen molar-refractivity contribution >= 4 is 27.8 Å². The SMILES string of the molecule is CC(c1oc2cccc(F)c2c(=O)c1-c1cccc(F)c1)n1nc(-c2ccc(OC(F)(F)F)c(F)c2)c2c(N)ncnc21. The van der Waals surface area contributed by atoms with Crippen LogP contribution in [0.5, 0.6) is 5.75 Å². The van der Waals surface area contributed by atoms with E-state index >= 15 is 0 Å². The van der Waals surface area contributed by atoms with Crippen LogP contribution in [-0.2, 0) is 0 Å². The van der Waals surface area contributed by atoms with Crippen LogP contribution in [0, 0.1) is 17.5 Å². The monoisotopic (exact) mass is 597 g/mol. The molecule has 3 heterocycles. The van der Waals surface area contributed by atoms with Crippen molar-refractivity contribution in [1.82, 2.24) is 19.7 Å². The number of benzene rings is 3. The van der Waals surface area contributed by atoms with Crippen LogP contribution in [0.1, 0.15) is 18.7 Å². The normalized spacial score (nSPS) is 12.6. The van der Waals surface area contributed by atoms with Crippen molar-refractivity contribution in [3.8, 4) is 28.1 Å². The number of nitrogens with two attached hydrogens (primary N) is 1. The molecule has 14 heteroatoms. The lowest BCUT2D eigenvalue weighted by Crippen LogP contribution is -2.18. The first-order chi connectivity index (χ1) is 20.4. The minimum Gasteiger partial charge on any atom is -0.458 e.